The molecular formula is C18H18FN5O. The number of nitrogens with zero attached hydrogens (tertiary/aromatic N) is 3. The van der Waals surface area contributed by atoms with E-state index in [1.54, 1.807) is 30.6 Å². The van der Waals surface area contributed by atoms with Gasteiger partial charge in [0.1, 0.15) is 5.82 Å². The van der Waals surface area contributed by atoms with E-state index in [0.717, 1.165) is 11.3 Å². The fraction of sp³-hybridized carbons (Fsp3) is 0.167. The molecule has 0 aliphatic heterocycles. The number of pyridine rings is 1. The molecule has 128 valence electrons. The summed E-state index contributed by atoms with van der Waals surface area (Å²) in [5, 5.41) is 6.20. The van der Waals surface area contributed by atoms with Crippen LogP contribution in [0.25, 0.3) is 11.3 Å². The van der Waals surface area contributed by atoms with E-state index >= 15 is 0 Å². The maximum atomic E-state index is 13.9. The molecule has 0 aliphatic carbocycles. The Bertz CT molecular complexity index is 857. The van der Waals surface area contributed by atoms with Gasteiger partial charge in [0.25, 0.3) is 0 Å². The topological polar surface area (TPSA) is 72.0 Å². The molecule has 0 aliphatic rings. The van der Waals surface area contributed by atoms with Crippen LogP contribution in [0.4, 0.5) is 21.8 Å². The van der Waals surface area contributed by atoms with Gasteiger partial charge < -0.3 is 15.4 Å². The van der Waals surface area contributed by atoms with Crippen molar-refractivity contribution in [1.29, 1.82) is 0 Å². The molecule has 0 atom stereocenters. The van der Waals surface area contributed by atoms with Gasteiger partial charge in [-0.15, -0.1) is 0 Å². The summed E-state index contributed by atoms with van der Waals surface area (Å²) >= 11 is 0. The number of methoxy groups -OCH3 is 1. The van der Waals surface area contributed by atoms with Crippen LogP contribution in [0.1, 0.15) is 6.92 Å². The van der Waals surface area contributed by atoms with Crippen molar-refractivity contribution in [2.45, 2.75) is 6.92 Å². The lowest BCUT2D eigenvalue weighted by Crippen LogP contribution is -2.05. The highest BCUT2D eigenvalue weighted by atomic mass is 19.1. The smallest absolute Gasteiger partial charge is 0.225 e. The lowest BCUT2D eigenvalue weighted by Gasteiger charge is -2.11. The summed E-state index contributed by atoms with van der Waals surface area (Å²) in [6, 6.07) is 10.2. The molecule has 2 heterocycles. The van der Waals surface area contributed by atoms with Crippen LogP contribution in [-0.2, 0) is 0 Å². The van der Waals surface area contributed by atoms with Gasteiger partial charge in [0, 0.05) is 42.3 Å². The first-order chi connectivity index (χ1) is 12.2. The summed E-state index contributed by atoms with van der Waals surface area (Å²) in [5.74, 6) is 0.803. The van der Waals surface area contributed by atoms with E-state index < -0.39 is 5.82 Å². The van der Waals surface area contributed by atoms with Gasteiger partial charge in [-0.3, -0.25) is 4.98 Å². The maximum Gasteiger partial charge on any atom is 0.225 e. The highest BCUT2D eigenvalue weighted by Gasteiger charge is 2.08. The van der Waals surface area contributed by atoms with Crippen molar-refractivity contribution in [3.63, 3.8) is 0 Å². The Morgan fingerprint density at radius 1 is 1.08 bits per heavy atom. The molecule has 0 bridgehead atoms. The molecule has 3 rings (SSSR count). The van der Waals surface area contributed by atoms with E-state index in [-0.39, 0.29) is 5.75 Å². The first kappa shape index (κ1) is 16.6. The van der Waals surface area contributed by atoms with Crippen molar-refractivity contribution < 1.29 is 9.13 Å². The van der Waals surface area contributed by atoms with Gasteiger partial charge >= 0.3 is 0 Å². The molecule has 6 nitrogen and oxygen atoms in total. The predicted octanol–water partition coefficient (Wildman–Crippen LogP) is 3.86. The quantitative estimate of drug-likeness (QED) is 0.710. The van der Waals surface area contributed by atoms with Gasteiger partial charge in [-0.1, -0.05) is 0 Å². The number of aromatic nitrogens is 3. The second kappa shape index (κ2) is 7.57. The van der Waals surface area contributed by atoms with Gasteiger partial charge in [-0.05, 0) is 31.2 Å². The predicted molar refractivity (Wildman–Crippen MR) is 95.7 cm³/mol. The van der Waals surface area contributed by atoms with Crippen molar-refractivity contribution in [1.82, 2.24) is 15.0 Å². The normalized spacial score (nSPS) is 10.4. The molecule has 0 fully saturated rings. The van der Waals surface area contributed by atoms with Crippen LogP contribution < -0.4 is 15.4 Å². The minimum absolute atomic E-state index is 0.194. The molecule has 1 aromatic carbocycles. The van der Waals surface area contributed by atoms with Crippen LogP contribution in [0.2, 0.25) is 0 Å². The number of nitrogens with one attached hydrogen (secondary N) is 2. The number of hydrogen-bond donors (Lipinski definition) is 2. The second-order valence-corrected chi connectivity index (χ2v) is 5.20. The largest absolute Gasteiger partial charge is 0.494 e. The number of anilines is 3. The van der Waals surface area contributed by atoms with Gasteiger partial charge in [0.15, 0.2) is 11.6 Å². The number of rotatable bonds is 6. The Morgan fingerprint density at radius 2 is 1.88 bits per heavy atom. The third-order valence-electron chi connectivity index (χ3n) is 3.46. The van der Waals surface area contributed by atoms with E-state index in [2.05, 4.69) is 25.6 Å². The molecule has 7 heteroatoms. The van der Waals surface area contributed by atoms with Gasteiger partial charge in [0.05, 0.1) is 12.8 Å². The van der Waals surface area contributed by atoms with Crippen molar-refractivity contribution in [2.75, 3.05) is 24.3 Å². The molecule has 25 heavy (non-hydrogen) atoms. The Hall–Kier alpha value is -3.22. The zero-order chi connectivity index (χ0) is 17.6. The third-order valence-corrected chi connectivity index (χ3v) is 3.46. The summed E-state index contributed by atoms with van der Waals surface area (Å²) in [7, 11) is 1.43. The van der Waals surface area contributed by atoms with E-state index in [1.807, 2.05) is 19.1 Å². The summed E-state index contributed by atoms with van der Waals surface area (Å²) < 4.78 is 18.8. The molecule has 3 aromatic rings. The molecule has 0 unspecified atom stereocenters. The molecule has 0 saturated heterocycles. The van der Waals surface area contributed by atoms with Gasteiger partial charge in [0.2, 0.25) is 5.95 Å². The van der Waals surface area contributed by atoms with Gasteiger partial charge in [-0.25, -0.2) is 9.37 Å². The number of halogens is 1. The average Bonchev–Trinajstić information content (AvgIpc) is 2.63. The summed E-state index contributed by atoms with van der Waals surface area (Å²) in [6.07, 6.45) is 3.41. The van der Waals surface area contributed by atoms with Gasteiger partial charge in [-0.2, -0.15) is 4.98 Å². The van der Waals surface area contributed by atoms with Crippen LogP contribution in [0.15, 0.2) is 48.8 Å². The number of ether oxygens (including phenoxy) is 1. The van der Waals surface area contributed by atoms with Crippen molar-refractivity contribution in [3.05, 3.63) is 54.6 Å². The number of hydrogen-bond acceptors (Lipinski definition) is 6. The lowest BCUT2D eigenvalue weighted by molar-refractivity contribution is 0.386. The standard InChI is InChI=1S/C18H18FN5O/c1-3-21-18-23-15(12-6-8-20-9-7-12)11-17(24-18)22-13-4-5-16(25-2)14(19)10-13/h4-11H,3H2,1-2H3,(H2,21,22,23,24). The minimum atomic E-state index is -0.442. The van der Waals surface area contributed by atoms with E-state index in [4.69, 9.17) is 4.74 Å². The zero-order valence-corrected chi connectivity index (χ0v) is 14.0. The zero-order valence-electron chi connectivity index (χ0n) is 14.0. The van der Waals surface area contributed by atoms with Crippen LogP contribution >= 0.6 is 0 Å². The lowest BCUT2D eigenvalue weighted by atomic mass is 10.2. The fourth-order valence-corrected chi connectivity index (χ4v) is 2.31. The molecule has 0 spiro atoms. The van der Waals surface area contributed by atoms with Crippen molar-refractivity contribution >= 4 is 17.5 Å². The highest BCUT2D eigenvalue weighted by Crippen LogP contribution is 2.26. The Morgan fingerprint density at radius 3 is 2.56 bits per heavy atom. The number of benzene rings is 1. The maximum absolute atomic E-state index is 13.9. The first-order valence-electron chi connectivity index (χ1n) is 7.83. The van der Waals surface area contributed by atoms with E-state index in [9.17, 15) is 4.39 Å². The average molecular weight is 339 g/mol. The van der Waals surface area contributed by atoms with Crippen LogP contribution in [-0.4, -0.2) is 28.6 Å². The summed E-state index contributed by atoms with van der Waals surface area (Å²) in [4.78, 5) is 12.9. The third kappa shape index (κ3) is 4.00. The van der Waals surface area contributed by atoms with E-state index in [1.165, 1.54) is 13.2 Å². The Balaban J connectivity index is 1.95. The molecule has 0 saturated carbocycles. The van der Waals surface area contributed by atoms with E-state index in [0.29, 0.717) is 24.0 Å². The Labute approximate surface area is 145 Å². The molecule has 0 amide bonds. The SMILES string of the molecule is CCNc1nc(Nc2ccc(OC)c(F)c2)cc(-c2ccncc2)n1. The van der Waals surface area contributed by atoms with Crippen LogP contribution in [0.3, 0.4) is 0 Å². The monoisotopic (exact) mass is 339 g/mol. The fourth-order valence-electron chi connectivity index (χ4n) is 2.31. The first-order valence-corrected chi connectivity index (χ1v) is 7.83. The molecule has 2 aromatic heterocycles. The molecule has 0 radical (unpaired) electrons. The summed E-state index contributed by atoms with van der Waals surface area (Å²) in [5.41, 5.74) is 2.23. The second-order valence-electron chi connectivity index (χ2n) is 5.20. The highest BCUT2D eigenvalue weighted by molar-refractivity contribution is 5.67. The minimum Gasteiger partial charge on any atom is -0.494 e. The summed E-state index contributed by atoms with van der Waals surface area (Å²) in [6.45, 7) is 2.66. The van der Waals surface area contributed by atoms with Crippen molar-refractivity contribution in [3.8, 4) is 17.0 Å². The molecule has 2 N–H and O–H groups in total. The Kier molecular flexibility index (Phi) is 5.03. The van der Waals surface area contributed by atoms with Crippen molar-refractivity contribution in [2.24, 2.45) is 0 Å². The van der Waals surface area contributed by atoms with Crippen LogP contribution in [0, 0.1) is 5.82 Å². The van der Waals surface area contributed by atoms with Crippen LogP contribution in [0.5, 0.6) is 5.75 Å². The molecular weight excluding hydrogens is 321 g/mol.